The molecule has 3 aromatic rings. The Morgan fingerprint density at radius 2 is 2.13 bits per heavy atom. The van der Waals surface area contributed by atoms with Gasteiger partial charge in [0.15, 0.2) is 0 Å². The molecule has 1 aliphatic heterocycles. The van der Waals surface area contributed by atoms with Crippen molar-refractivity contribution >= 4 is 10.9 Å². The minimum atomic E-state index is 0.560. The van der Waals surface area contributed by atoms with Crippen molar-refractivity contribution in [3.05, 3.63) is 53.5 Å². The number of likely N-dealkylation sites (N-methyl/N-ethyl adjacent to an activating group) is 1. The molecule has 0 radical (unpaired) electrons. The fourth-order valence-electron chi connectivity index (χ4n) is 4.94. The zero-order chi connectivity index (χ0) is 15.6. The van der Waals surface area contributed by atoms with E-state index >= 15 is 0 Å². The van der Waals surface area contributed by atoms with Gasteiger partial charge >= 0.3 is 0 Å². The molecular formula is C19H22N4. The number of hydrogen-bond donors (Lipinski definition) is 1. The number of H-pyrrole nitrogens is 1. The predicted molar refractivity (Wildman–Crippen MR) is 91.7 cm³/mol. The SMILES string of the molecule is CN1CC(c2ccnn2C)C[C@@H]2c3cccc4[nH]cc(c34)C[C@H]21. The number of rotatable bonds is 1. The molecule has 2 aromatic heterocycles. The first kappa shape index (κ1) is 13.4. The zero-order valence-electron chi connectivity index (χ0n) is 13.7. The van der Waals surface area contributed by atoms with Gasteiger partial charge in [0.25, 0.3) is 0 Å². The number of aryl methyl sites for hydroxylation is 1. The molecule has 4 nitrogen and oxygen atoms in total. The fourth-order valence-corrected chi connectivity index (χ4v) is 4.94. The topological polar surface area (TPSA) is 36.9 Å². The van der Waals surface area contributed by atoms with Crippen molar-refractivity contribution in [2.75, 3.05) is 13.6 Å². The van der Waals surface area contributed by atoms with Crippen molar-refractivity contribution < 1.29 is 0 Å². The molecule has 0 amide bonds. The van der Waals surface area contributed by atoms with E-state index in [0.29, 0.717) is 17.9 Å². The third-order valence-electron chi connectivity index (χ3n) is 6.00. The van der Waals surface area contributed by atoms with E-state index in [1.165, 1.54) is 34.1 Å². The second-order valence-corrected chi connectivity index (χ2v) is 7.21. The van der Waals surface area contributed by atoms with Crippen molar-refractivity contribution in [2.45, 2.75) is 30.7 Å². The lowest BCUT2D eigenvalue weighted by Gasteiger charge is -2.45. The van der Waals surface area contributed by atoms with E-state index in [0.717, 1.165) is 13.0 Å². The Kier molecular flexibility index (Phi) is 2.74. The third-order valence-corrected chi connectivity index (χ3v) is 6.00. The summed E-state index contributed by atoms with van der Waals surface area (Å²) in [6, 6.07) is 9.55. The quantitative estimate of drug-likeness (QED) is 0.750. The van der Waals surface area contributed by atoms with Crippen LogP contribution in [0, 0.1) is 0 Å². The van der Waals surface area contributed by atoms with Crippen molar-refractivity contribution in [2.24, 2.45) is 7.05 Å². The number of aromatic nitrogens is 3. The van der Waals surface area contributed by atoms with E-state index in [9.17, 15) is 0 Å². The van der Waals surface area contributed by atoms with Gasteiger partial charge in [-0.2, -0.15) is 5.10 Å². The molecule has 1 aliphatic carbocycles. The maximum atomic E-state index is 4.38. The number of nitrogens with one attached hydrogen (secondary N) is 1. The summed E-state index contributed by atoms with van der Waals surface area (Å²) in [5, 5.41) is 5.86. The summed E-state index contributed by atoms with van der Waals surface area (Å²) < 4.78 is 2.05. The number of hydrogen-bond acceptors (Lipinski definition) is 2. The van der Waals surface area contributed by atoms with Crippen LogP contribution < -0.4 is 0 Å². The first-order valence-electron chi connectivity index (χ1n) is 8.49. The second kappa shape index (κ2) is 4.71. The van der Waals surface area contributed by atoms with E-state index in [1.807, 2.05) is 10.9 Å². The molecule has 4 heteroatoms. The largest absolute Gasteiger partial charge is 0.361 e. The number of nitrogens with zero attached hydrogens (tertiary/aromatic N) is 3. The number of aromatic amines is 1. The molecule has 3 heterocycles. The van der Waals surface area contributed by atoms with Gasteiger partial charge in [0, 0.05) is 60.5 Å². The van der Waals surface area contributed by atoms with E-state index < -0.39 is 0 Å². The smallest absolute Gasteiger partial charge is 0.0492 e. The average molecular weight is 306 g/mol. The van der Waals surface area contributed by atoms with Gasteiger partial charge in [-0.1, -0.05) is 12.1 Å². The average Bonchev–Trinajstić information content (AvgIpc) is 3.16. The maximum Gasteiger partial charge on any atom is 0.0492 e. The third kappa shape index (κ3) is 1.84. The lowest BCUT2D eigenvalue weighted by Crippen LogP contribution is -2.47. The summed E-state index contributed by atoms with van der Waals surface area (Å²) in [4.78, 5) is 6.03. The maximum absolute atomic E-state index is 4.38. The van der Waals surface area contributed by atoms with Gasteiger partial charge in [-0.25, -0.2) is 0 Å². The van der Waals surface area contributed by atoms with Crippen molar-refractivity contribution in [3.8, 4) is 0 Å². The number of piperidine rings is 1. The molecule has 5 rings (SSSR count). The Morgan fingerprint density at radius 3 is 2.96 bits per heavy atom. The van der Waals surface area contributed by atoms with Gasteiger partial charge in [0.1, 0.15) is 0 Å². The zero-order valence-corrected chi connectivity index (χ0v) is 13.7. The highest BCUT2D eigenvalue weighted by molar-refractivity contribution is 5.88. The molecule has 2 aliphatic rings. The minimum absolute atomic E-state index is 0.560. The molecule has 1 aromatic carbocycles. The van der Waals surface area contributed by atoms with E-state index in [2.05, 4.69) is 59.5 Å². The Labute approximate surface area is 136 Å². The molecule has 3 atom stereocenters. The molecule has 1 N–H and O–H groups in total. The van der Waals surface area contributed by atoms with Crippen LogP contribution in [0.15, 0.2) is 36.7 Å². The van der Waals surface area contributed by atoms with Crippen LogP contribution >= 0.6 is 0 Å². The van der Waals surface area contributed by atoms with Gasteiger partial charge < -0.3 is 9.88 Å². The summed E-state index contributed by atoms with van der Waals surface area (Å²) in [6.45, 7) is 1.12. The van der Waals surface area contributed by atoms with E-state index in [-0.39, 0.29) is 0 Å². The minimum Gasteiger partial charge on any atom is -0.361 e. The van der Waals surface area contributed by atoms with Crippen molar-refractivity contribution in [1.82, 2.24) is 19.7 Å². The van der Waals surface area contributed by atoms with Crippen LogP contribution in [0.25, 0.3) is 10.9 Å². The van der Waals surface area contributed by atoms with Crippen LogP contribution in [0.4, 0.5) is 0 Å². The van der Waals surface area contributed by atoms with Gasteiger partial charge in [0.2, 0.25) is 0 Å². The number of fused-ring (bicyclic) bond motifs is 2. The molecule has 1 fully saturated rings. The van der Waals surface area contributed by atoms with Crippen LogP contribution in [-0.2, 0) is 13.5 Å². The summed E-state index contributed by atoms with van der Waals surface area (Å²) >= 11 is 0. The first-order valence-corrected chi connectivity index (χ1v) is 8.49. The first-order chi connectivity index (χ1) is 11.2. The van der Waals surface area contributed by atoms with Crippen LogP contribution in [0.2, 0.25) is 0 Å². The van der Waals surface area contributed by atoms with Gasteiger partial charge in [-0.15, -0.1) is 0 Å². The van der Waals surface area contributed by atoms with Gasteiger partial charge in [0.05, 0.1) is 0 Å². The number of likely N-dealkylation sites (tertiary alicyclic amines) is 1. The molecule has 0 spiro atoms. The Hall–Kier alpha value is -2.07. The highest BCUT2D eigenvalue weighted by Gasteiger charge is 2.40. The van der Waals surface area contributed by atoms with Crippen LogP contribution in [-0.4, -0.2) is 39.3 Å². The molecular weight excluding hydrogens is 284 g/mol. The normalized spacial score (nSPS) is 27.3. The molecule has 0 saturated carbocycles. The lowest BCUT2D eigenvalue weighted by molar-refractivity contribution is 0.137. The lowest BCUT2D eigenvalue weighted by atomic mass is 9.72. The van der Waals surface area contributed by atoms with Crippen molar-refractivity contribution in [3.63, 3.8) is 0 Å². The van der Waals surface area contributed by atoms with Gasteiger partial charge in [-0.05, 0) is 43.1 Å². The van der Waals surface area contributed by atoms with Gasteiger partial charge in [-0.3, -0.25) is 4.68 Å². The van der Waals surface area contributed by atoms with Crippen molar-refractivity contribution in [1.29, 1.82) is 0 Å². The summed E-state index contributed by atoms with van der Waals surface area (Å²) in [6.07, 6.45) is 6.52. The highest BCUT2D eigenvalue weighted by Crippen LogP contribution is 2.46. The van der Waals surface area contributed by atoms with Crippen LogP contribution in [0.1, 0.15) is 35.1 Å². The molecule has 0 bridgehead atoms. The standard InChI is InChI=1S/C19H22N4/c1-22-11-13(17-6-7-21-23(17)2)8-15-14-4-3-5-16-19(14)12(10-20-16)9-18(15)22/h3-7,10,13,15,18,20H,8-9,11H2,1-2H3/t13?,15-,18-/m1/s1. The Bertz CT molecular complexity index is 875. The number of benzene rings is 1. The predicted octanol–water partition coefficient (Wildman–Crippen LogP) is 3.03. The van der Waals surface area contributed by atoms with Crippen LogP contribution in [0.5, 0.6) is 0 Å². The van der Waals surface area contributed by atoms with Crippen LogP contribution in [0.3, 0.4) is 0 Å². The Morgan fingerprint density at radius 1 is 1.22 bits per heavy atom. The molecule has 118 valence electrons. The second-order valence-electron chi connectivity index (χ2n) is 7.21. The molecule has 23 heavy (non-hydrogen) atoms. The fraction of sp³-hybridized carbons (Fsp3) is 0.421. The monoisotopic (exact) mass is 306 g/mol. The van der Waals surface area contributed by atoms with E-state index in [1.54, 1.807) is 0 Å². The summed E-state index contributed by atoms with van der Waals surface area (Å²) in [5.41, 5.74) is 5.68. The molecule has 1 saturated heterocycles. The summed E-state index contributed by atoms with van der Waals surface area (Å²) in [7, 11) is 4.35. The molecule has 1 unspecified atom stereocenters. The van der Waals surface area contributed by atoms with E-state index in [4.69, 9.17) is 0 Å². The summed E-state index contributed by atoms with van der Waals surface area (Å²) in [5.74, 6) is 1.17. The Balaban J connectivity index is 1.61. The highest BCUT2D eigenvalue weighted by atomic mass is 15.3.